The van der Waals surface area contributed by atoms with Gasteiger partial charge < -0.3 is 15.0 Å². The lowest BCUT2D eigenvalue weighted by Gasteiger charge is -2.39. The molecule has 1 aliphatic rings. The van der Waals surface area contributed by atoms with Crippen molar-refractivity contribution >= 4 is 0 Å². The van der Waals surface area contributed by atoms with Gasteiger partial charge in [0.15, 0.2) is 0 Å². The molecule has 3 nitrogen and oxygen atoms in total. The third-order valence-corrected chi connectivity index (χ3v) is 4.35. The minimum Gasteiger partial charge on any atom is -0.497 e. The summed E-state index contributed by atoms with van der Waals surface area (Å²) >= 11 is 0. The van der Waals surface area contributed by atoms with Gasteiger partial charge in [-0.05, 0) is 62.7 Å². The molecule has 1 aliphatic carbocycles. The van der Waals surface area contributed by atoms with Crippen molar-refractivity contribution < 1.29 is 4.74 Å². The maximum Gasteiger partial charge on any atom is 0.119 e. The van der Waals surface area contributed by atoms with Crippen LogP contribution in [0.1, 0.15) is 43.9 Å². The van der Waals surface area contributed by atoms with Gasteiger partial charge in [-0.25, -0.2) is 0 Å². The van der Waals surface area contributed by atoms with Crippen LogP contribution in [0.4, 0.5) is 0 Å². The van der Waals surface area contributed by atoms with Crippen LogP contribution in [0.3, 0.4) is 0 Å². The van der Waals surface area contributed by atoms with Crippen LogP contribution in [0.2, 0.25) is 0 Å². The van der Waals surface area contributed by atoms with Gasteiger partial charge in [0, 0.05) is 12.1 Å². The fraction of sp³-hybridized carbons (Fsp3) is 0.647. The molecule has 0 fully saturated rings. The zero-order valence-corrected chi connectivity index (χ0v) is 13.3. The molecule has 112 valence electrons. The Morgan fingerprint density at radius 2 is 2.15 bits per heavy atom. The van der Waals surface area contributed by atoms with Gasteiger partial charge in [-0.2, -0.15) is 0 Å². The van der Waals surface area contributed by atoms with Crippen molar-refractivity contribution in [1.82, 2.24) is 10.2 Å². The van der Waals surface area contributed by atoms with E-state index in [9.17, 15) is 0 Å². The number of nitrogens with zero attached hydrogens (tertiary/aromatic N) is 1. The monoisotopic (exact) mass is 276 g/mol. The van der Waals surface area contributed by atoms with Gasteiger partial charge in [-0.3, -0.25) is 0 Å². The summed E-state index contributed by atoms with van der Waals surface area (Å²) in [5.74, 6) is 0.963. The maximum atomic E-state index is 5.41. The van der Waals surface area contributed by atoms with E-state index in [-0.39, 0.29) is 0 Å². The Morgan fingerprint density at radius 3 is 2.80 bits per heavy atom. The van der Waals surface area contributed by atoms with E-state index < -0.39 is 0 Å². The molecule has 2 unspecified atom stereocenters. The van der Waals surface area contributed by atoms with E-state index in [1.54, 1.807) is 7.11 Å². The molecular formula is C17H28N2O. The highest BCUT2D eigenvalue weighted by atomic mass is 16.5. The standard InChI is InChI=1S/C17H28N2O/c1-5-11-19(3)16-10-8-13-7-9-14(20-4)12-15(13)17(16)18-6-2/h7,9,12,16-18H,5-6,8,10-11H2,1-4H3. The Bertz CT molecular complexity index is 433. The average molecular weight is 276 g/mol. The van der Waals surface area contributed by atoms with Crippen LogP contribution in [0.5, 0.6) is 5.75 Å². The maximum absolute atomic E-state index is 5.41. The normalized spacial score (nSPS) is 21.9. The van der Waals surface area contributed by atoms with Crippen molar-refractivity contribution in [2.45, 2.75) is 45.2 Å². The number of nitrogens with one attached hydrogen (secondary N) is 1. The van der Waals surface area contributed by atoms with Crippen molar-refractivity contribution in [3.05, 3.63) is 29.3 Å². The molecule has 0 spiro atoms. The molecular weight excluding hydrogens is 248 g/mol. The summed E-state index contributed by atoms with van der Waals surface area (Å²) in [7, 11) is 4.00. The minimum absolute atomic E-state index is 0.412. The van der Waals surface area contributed by atoms with Crippen LogP contribution < -0.4 is 10.1 Å². The highest BCUT2D eigenvalue weighted by molar-refractivity contribution is 5.40. The quantitative estimate of drug-likeness (QED) is 0.864. The first kappa shape index (κ1) is 15.3. The van der Waals surface area contributed by atoms with Crippen LogP contribution >= 0.6 is 0 Å². The number of rotatable bonds is 6. The number of methoxy groups -OCH3 is 1. The first-order chi connectivity index (χ1) is 9.71. The second-order valence-corrected chi connectivity index (χ2v) is 5.69. The zero-order valence-electron chi connectivity index (χ0n) is 13.3. The average Bonchev–Trinajstić information content (AvgIpc) is 2.47. The summed E-state index contributed by atoms with van der Waals surface area (Å²) in [4.78, 5) is 2.51. The molecule has 0 saturated heterocycles. The number of hydrogen-bond donors (Lipinski definition) is 1. The lowest BCUT2D eigenvalue weighted by atomic mass is 9.83. The largest absolute Gasteiger partial charge is 0.497 e. The second-order valence-electron chi connectivity index (χ2n) is 5.69. The van der Waals surface area contributed by atoms with Gasteiger partial charge in [0.1, 0.15) is 5.75 Å². The molecule has 1 aromatic rings. The lowest BCUT2D eigenvalue weighted by Crippen LogP contribution is -2.45. The molecule has 1 N–H and O–H groups in total. The van der Waals surface area contributed by atoms with Crippen molar-refractivity contribution in [2.75, 3.05) is 27.2 Å². The first-order valence-corrected chi connectivity index (χ1v) is 7.81. The van der Waals surface area contributed by atoms with Gasteiger partial charge >= 0.3 is 0 Å². The molecule has 0 heterocycles. The smallest absolute Gasteiger partial charge is 0.119 e. The van der Waals surface area contributed by atoms with Crippen LogP contribution in [0.25, 0.3) is 0 Å². The summed E-state index contributed by atoms with van der Waals surface area (Å²) in [6.07, 6.45) is 3.60. The summed E-state index contributed by atoms with van der Waals surface area (Å²) in [5.41, 5.74) is 2.89. The molecule has 0 amide bonds. The highest BCUT2D eigenvalue weighted by Gasteiger charge is 2.31. The molecule has 20 heavy (non-hydrogen) atoms. The molecule has 0 aliphatic heterocycles. The Kier molecular flexibility index (Phi) is 5.44. The predicted molar refractivity (Wildman–Crippen MR) is 84.4 cm³/mol. The fourth-order valence-electron chi connectivity index (χ4n) is 3.35. The first-order valence-electron chi connectivity index (χ1n) is 7.81. The van der Waals surface area contributed by atoms with Gasteiger partial charge in [-0.15, -0.1) is 0 Å². The third-order valence-electron chi connectivity index (χ3n) is 4.35. The van der Waals surface area contributed by atoms with Gasteiger partial charge in [-0.1, -0.05) is 19.9 Å². The number of ether oxygens (including phenoxy) is 1. The molecule has 3 heteroatoms. The lowest BCUT2D eigenvalue weighted by molar-refractivity contribution is 0.174. The van der Waals surface area contributed by atoms with Gasteiger partial charge in [0.05, 0.1) is 7.11 Å². The van der Waals surface area contributed by atoms with Crippen LogP contribution in [-0.4, -0.2) is 38.2 Å². The fourth-order valence-corrected chi connectivity index (χ4v) is 3.35. The van der Waals surface area contributed by atoms with E-state index in [1.165, 1.54) is 30.4 Å². The summed E-state index contributed by atoms with van der Waals surface area (Å²) in [5, 5.41) is 3.68. The molecule has 0 aromatic heterocycles. The number of benzene rings is 1. The van der Waals surface area contributed by atoms with Crippen LogP contribution in [0.15, 0.2) is 18.2 Å². The Balaban J connectivity index is 2.30. The Morgan fingerprint density at radius 1 is 1.35 bits per heavy atom. The number of aryl methyl sites for hydroxylation is 1. The van der Waals surface area contributed by atoms with Crippen molar-refractivity contribution in [1.29, 1.82) is 0 Å². The number of fused-ring (bicyclic) bond motifs is 1. The molecule has 2 atom stereocenters. The Labute approximate surface area is 123 Å². The summed E-state index contributed by atoms with van der Waals surface area (Å²) in [6, 6.07) is 7.52. The second kappa shape index (κ2) is 7.09. The van der Waals surface area contributed by atoms with Crippen molar-refractivity contribution in [3.8, 4) is 5.75 Å². The van der Waals surface area contributed by atoms with Crippen molar-refractivity contribution in [2.24, 2.45) is 0 Å². The molecule has 1 aromatic carbocycles. The summed E-state index contributed by atoms with van der Waals surface area (Å²) < 4.78 is 5.41. The van der Waals surface area contributed by atoms with Gasteiger partial charge in [0.25, 0.3) is 0 Å². The molecule has 0 radical (unpaired) electrons. The predicted octanol–water partition coefficient (Wildman–Crippen LogP) is 3.00. The number of likely N-dealkylation sites (N-methyl/N-ethyl adjacent to an activating group) is 2. The van der Waals surface area contributed by atoms with E-state index in [1.807, 2.05) is 0 Å². The Hall–Kier alpha value is -1.06. The number of hydrogen-bond acceptors (Lipinski definition) is 3. The molecule has 0 bridgehead atoms. The third kappa shape index (κ3) is 3.15. The van der Waals surface area contributed by atoms with E-state index in [2.05, 4.69) is 49.3 Å². The highest BCUT2D eigenvalue weighted by Crippen LogP contribution is 2.34. The van der Waals surface area contributed by atoms with E-state index in [0.29, 0.717) is 12.1 Å². The van der Waals surface area contributed by atoms with Crippen LogP contribution in [-0.2, 0) is 6.42 Å². The topological polar surface area (TPSA) is 24.5 Å². The zero-order chi connectivity index (χ0) is 14.5. The van der Waals surface area contributed by atoms with E-state index in [0.717, 1.165) is 18.8 Å². The minimum atomic E-state index is 0.412. The molecule has 0 saturated carbocycles. The van der Waals surface area contributed by atoms with E-state index >= 15 is 0 Å². The SMILES string of the molecule is CCCN(C)C1CCc2ccc(OC)cc2C1NCC. The van der Waals surface area contributed by atoms with Crippen molar-refractivity contribution in [3.63, 3.8) is 0 Å². The van der Waals surface area contributed by atoms with Gasteiger partial charge in [0.2, 0.25) is 0 Å². The molecule has 2 rings (SSSR count). The van der Waals surface area contributed by atoms with E-state index in [4.69, 9.17) is 4.74 Å². The summed E-state index contributed by atoms with van der Waals surface area (Å²) in [6.45, 7) is 6.59. The van der Waals surface area contributed by atoms with Crippen LogP contribution in [0, 0.1) is 0 Å².